The summed E-state index contributed by atoms with van der Waals surface area (Å²) in [5.74, 6) is -16.4. The van der Waals surface area contributed by atoms with E-state index >= 15 is 0 Å². The number of hydrogen-bond donors (Lipinski definition) is 1. The molecular formula is C20H15F7N2O4. The Morgan fingerprint density at radius 2 is 1.67 bits per heavy atom. The molecule has 0 fully saturated rings. The van der Waals surface area contributed by atoms with E-state index in [0.29, 0.717) is 12.8 Å². The van der Waals surface area contributed by atoms with E-state index in [1.807, 2.05) is 0 Å². The van der Waals surface area contributed by atoms with Gasteiger partial charge in [0.25, 0.3) is 0 Å². The van der Waals surface area contributed by atoms with E-state index in [0.717, 1.165) is 5.43 Å². The number of benzene rings is 1. The summed E-state index contributed by atoms with van der Waals surface area (Å²) in [5, 5.41) is 3.33. The van der Waals surface area contributed by atoms with Crippen molar-refractivity contribution in [2.45, 2.75) is 44.2 Å². The van der Waals surface area contributed by atoms with Crippen LogP contribution >= 0.6 is 0 Å². The molecule has 1 aromatic carbocycles. The molecule has 1 aromatic heterocycles. The molecule has 13 heteroatoms. The molecule has 1 aliphatic carbocycles. The van der Waals surface area contributed by atoms with Gasteiger partial charge in [0.1, 0.15) is 11.5 Å². The first-order valence-electron chi connectivity index (χ1n) is 9.36. The van der Waals surface area contributed by atoms with Crippen molar-refractivity contribution in [3.05, 3.63) is 53.0 Å². The summed E-state index contributed by atoms with van der Waals surface area (Å²) in [7, 11) is 0. The van der Waals surface area contributed by atoms with Crippen LogP contribution in [0.3, 0.4) is 0 Å². The van der Waals surface area contributed by atoms with E-state index in [1.165, 1.54) is 19.1 Å². The summed E-state index contributed by atoms with van der Waals surface area (Å²) in [6.07, 6.45) is -6.00. The van der Waals surface area contributed by atoms with Crippen molar-refractivity contribution in [2.24, 2.45) is 5.10 Å². The fraction of sp³-hybridized carbons (Fsp3) is 0.350. The highest BCUT2D eigenvalue weighted by Gasteiger charge is 2.76. The fourth-order valence-electron chi connectivity index (χ4n) is 3.13. The Labute approximate surface area is 181 Å². The SMILES string of the molecule is Cc1c(C(=O)Oc2ccccc2)oc2c1/C(=N/NC(=O)C(F)(F)C(F)(F)C(F)(F)F)CCC2. The van der Waals surface area contributed by atoms with Gasteiger partial charge in [-0.25, -0.2) is 10.2 Å². The number of carbonyl (C=O) groups excluding carboxylic acids is 2. The topological polar surface area (TPSA) is 80.9 Å². The Morgan fingerprint density at radius 1 is 1.03 bits per heavy atom. The van der Waals surface area contributed by atoms with Crippen LogP contribution in [0.1, 0.15) is 40.3 Å². The zero-order valence-electron chi connectivity index (χ0n) is 16.7. The molecule has 1 heterocycles. The van der Waals surface area contributed by atoms with Gasteiger partial charge in [0, 0.05) is 17.5 Å². The second kappa shape index (κ2) is 8.52. The van der Waals surface area contributed by atoms with Crippen molar-refractivity contribution < 1.29 is 49.5 Å². The van der Waals surface area contributed by atoms with Crippen LogP contribution < -0.4 is 10.2 Å². The average Bonchev–Trinajstić information content (AvgIpc) is 3.09. The smallest absolute Gasteiger partial charge is 0.453 e. The molecular weight excluding hydrogens is 465 g/mol. The van der Waals surface area contributed by atoms with Gasteiger partial charge in [-0.3, -0.25) is 4.79 Å². The standard InChI is InChI=1S/C20H15F7N2O4/c1-10-14-12(28-29-17(31)18(21,22)19(23,24)20(25,26)27)8-5-9-13(14)33-15(10)16(30)32-11-6-3-2-4-7-11/h2-4,6-7H,5,8-9H2,1H3,(H,29,31)/b28-12+. The molecule has 0 unspecified atom stereocenters. The number of esters is 1. The predicted molar refractivity (Wildman–Crippen MR) is 98.4 cm³/mol. The Hall–Kier alpha value is -3.38. The van der Waals surface area contributed by atoms with Crippen LogP contribution in [0.4, 0.5) is 30.7 Å². The van der Waals surface area contributed by atoms with E-state index in [4.69, 9.17) is 9.15 Å². The first-order valence-corrected chi connectivity index (χ1v) is 9.36. The minimum absolute atomic E-state index is 0.0437. The predicted octanol–water partition coefficient (Wildman–Crippen LogP) is 4.80. The molecule has 0 atom stereocenters. The number of rotatable bonds is 5. The zero-order chi connectivity index (χ0) is 24.6. The number of amides is 1. The average molecular weight is 480 g/mol. The number of ether oxygens (including phenoxy) is 1. The largest absolute Gasteiger partial charge is 0.460 e. The highest BCUT2D eigenvalue weighted by Crippen LogP contribution is 2.46. The molecule has 1 aliphatic rings. The van der Waals surface area contributed by atoms with Gasteiger partial charge in [-0.1, -0.05) is 18.2 Å². The maximum absolute atomic E-state index is 13.5. The van der Waals surface area contributed by atoms with Crippen LogP contribution in [0.5, 0.6) is 5.75 Å². The van der Waals surface area contributed by atoms with Crippen LogP contribution in [-0.4, -0.2) is 35.6 Å². The van der Waals surface area contributed by atoms with E-state index in [2.05, 4.69) is 5.10 Å². The van der Waals surface area contributed by atoms with Crippen LogP contribution in [0.15, 0.2) is 39.9 Å². The summed E-state index contributed by atoms with van der Waals surface area (Å²) in [6, 6.07) is 7.95. The van der Waals surface area contributed by atoms with Gasteiger partial charge in [-0.05, 0) is 31.9 Å². The number of hydrogen-bond acceptors (Lipinski definition) is 5. The van der Waals surface area contributed by atoms with E-state index < -0.39 is 29.9 Å². The lowest BCUT2D eigenvalue weighted by Gasteiger charge is -2.26. The van der Waals surface area contributed by atoms with E-state index in [1.54, 1.807) is 18.2 Å². The maximum atomic E-state index is 13.5. The maximum Gasteiger partial charge on any atom is 0.460 e. The number of halogens is 7. The molecule has 1 amide bonds. The van der Waals surface area contributed by atoms with Crippen LogP contribution in [-0.2, 0) is 11.2 Å². The summed E-state index contributed by atoms with van der Waals surface area (Å²) in [5.41, 5.74) is 1.27. The molecule has 178 valence electrons. The van der Waals surface area contributed by atoms with Crippen molar-refractivity contribution >= 4 is 17.6 Å². The molecule has 33 heavy (non-hydrogen) atoms. The van der Waals surface area contributed by atoms with Gasteiger partial charge >= 0.3 is 29.9 Å². The number of aryl methyl sites for hydroxylation is 1. The van der Waals surface area contributed by atoms with Gasteiger partial charge in [0.05, 0.1) is 5.71 Å². The fourth-order valence-corrected chi connectivity index (χ4v) is 3.13. The second-order valence-electron chi connectivity index (χ2n) is 7.06. The summed E-state index contributed by atoms with van der Waals surface area (Å²) < 4.78 is 101. The molecule has 3 rings (SSSR count). The Balaban J connectivity index is 1.85. The highest BCUT2D eigenvalue weighted by atomic mass is 19.4. The zero-order valence-corrected chi connectivity index (χ0v) is 16.7. The third-order valence-electron chi connectivity index (χ3n) is 4.79. The lowest BCUT2D eigenvalue weighted by Crippen LogP contribution is -2.58. The van der Waals surface area contributed by atoms with Crippen molar-refractivity contribution in [3.8, 4) is 5.75 Å². The third kappa shape index (κ3) is 4.44. The minimum Gasteiger partial charge on any atom is -0.453 e. The molecule has 6 nitrogen and oxygen atoms in total. The molecule has 0 saturated heterocycles. The van der Waals surface area contributed by atoms with Crippen LogP contribution in [0.25, 0.3) is 0 Å². The molecule has 0 spiro atoms. The van der Waals surface area contributed by atoms with Crippen LogP contribution in [0, 0.1) is 6.92 Å². The Morgan fingerprint density at radius 3 is 2.27 bits per heavy atom. The third-order valence-corrected chi connectivity index (χ3v) is 4.79. The van der Waals surface area contributed by atoms with Crippen molar-refractivity contribution in [1.29, 1.82) is 0 Å². The number of alkyl halides is 7. The number of fused-ring (bicyclic) bond motifs is 1. The number of hydrazone groups is 1. The highest BCUT2D eigenvalue weighted by molar-refractivity contribution is 6.06. The molecule has 1 N–H and O–H groups in total. The van der Waals surface area contributed by atoms with Crippen molar-refractivity contribution in [1.82, 2.24) is 5.43 Å². The van der Waals surface area contributed by atoms with Crippen molar-refractivity contribution in [2.75, 3.05) is 0 Å². The number of carbonyl (C=O) groups is 2. The van der Waals surface area contributed by atoms with E-state index in [9.17, 15) is 40.3 Å². The van der Waals surface area contributed by atoms with Crippen LogP contribution in [0.2, 0.25) is 0 Å². The molecule has 2 aromatic rings. The molecule has 0 saturated carbocycles. The Bertz CT molecular complexity index is 1090. The first kappa shape index (κ1) is 24.3. The van der Waals surface area contributed by atoms with Crippen molar-refractivity contribution in [3.63, 3.8) is 0 Å². The van der Waals surface area contributed by atoms with Gasteiger partial charge in [0.15, 0.2) is 0 Å². The number of para-hydroxylation sites is 1. The molecule has 0 radical (unpaired) electrons. The van der Waals surface area contributed by atoms with Gasteiger partial charge in [-0.2, -0.15) is 35.8 Å². The number of nitrogens with zero attached hydrogens (tertiary/aromatic N) is 1. The molecule has 0 bridgehead atoms. The quantitative estimate of drug-likeness (QED) is 0.289. The lowest BCUT2D eigenvalue weighted by atomic mass is 9.93. The summed E-state index contributed by atoms with van der Waals surface area (Å²) >= 11 is 0. The molecule has 0 aliphatic heterocycles. The first-order chi connectivity index (χ1) is 15.3. The lowest BCUT2D eigenvalue weighted by molar-refractivity contribution is -0.344. The van der Waals surface area contributed by atoms with Gasteiger partial charge in [-0.15, -0.1) is 0 Å². The number of nitrogens with one attached hydrogen (secondary N) is 1. The Kier molecular flexibility index (Phi) is 6.27. The number of furan rings is 1. The minimum atomic E-state index is -6.66. The summed E-state index contributed by atoms with van der Waals surface area (Å²) in [4.78, 5) is 23.9. The monoisotopic (exact) mass is 480 g/mol. The summed E-state index contributed by atoms with van der Waals surface area (Å²) in [6.45, 7) is 1.42. The van der Waals surface area contributed by atoms with E-state index in [-0.39, 0.29) is 40.5 Å². The van der Waals surface area contributed by atoms with Gasteiger partial charge < -0.3 is 9.15 Å². The normalized spacial score (nSPS) is 15.8. The van der Waals surface area contributed by atoms with Gasteiger partial charge in [0.2, 0.25) is 5.76 Å². The second-order valence-corrected chi connectivity index (χ2v) is 7.06.